The van der Waals surface area contributed by atoms with Crippen molar-refractivity contribution in [1.82, 2.24) is 10.3 Å². The predicted molar refractivity (Wildman–Crippen MR) is 96.5 cm³/mol. The molecule has 0 aliphatic rings. The van der Waals surface area contributed by atoms with E-state index in [1.165, 1.54) is 6.92 Å². The quantitative estimate of drug-likeness (QED) is 0.704. The van der Waals surface area contributed by atoms with Crippen LogP contribution in [0.3, 0.4) is 0 Å². The van der Waals surface area contributed by atoms with Crippen molar-refractivity contribution in [3.63, 3.8) is 0 Å². The number of amides is 1. The first kappa shape index (κ1) is 19.5. The average molecular weight is 360 g/mol. The van der Waals surface area contributed by atoms with E-state index >= 15 is 0 Å². The van der Waals surface area contributed by atoms with Gasteiger partial charge in [0, 0.05) is 24.0 Å². The molecule has 1 aromatic carbocycles. The number of ether oxygens (including phenoxy) is 2. The topological polar surface area (TPSA) is 97.5 Å². The van der Waals surface area contributed by atoms with Crippen LogP contribution in [0.1, 0.15) is 38.7 Å². The molecular weight excluding hydrogens is 336 g/mol. The molecule has 2 rings (SSSR count). The fourth-order valence-electron chi connectivity index (χ4n) is 2.91. The lowest BCUT2D eigenvalue weighted by Crippen LogP contribution is -2.42. The maximum atomic E-state index is 12.6. The van der Waals surface area contributed by atoms with E-state index in [1.807, 2.05) is 24.3 Å². The van der Waals surface area contributed by atoms with E-state index in [0.717, 1.165) is 16.5 Å². The Hall–Kier alpha value is -2.83. The van der Waals surface area contributed by atoms with Crippen LogP contribution in [-0.4, -0.2) is 42.1 Å². The van der Waals surface area contributed by atoms with Gasteiger partial charge in [0.2, 0.25) is 5.91 Å². The maximum absolute atomic E-state index is 12.6. The normalized spacial score (nSPS) is 13.0. The highest BCUT2D eigenvalue weighted by atomic mass is 16.5. The number of carbonyl (C=O) groups excluding carboxylic acids is 3. The molecule has 1 amide bonds. The number of fused-ring (bicyclic) bond motifs is 1. The van der Waals surface area contributed by atoms with Gasteiger partial charge in [0.15, 0.2) is 0 Å². The summed E-state index contributed by atoms with van der Waals surface area (Å²) in [6.45, 7) is 5.14. The number of H-pyrrole nitrogens is 1. The lowest BCUT2D eigenvalue weighted by molar-refractivity contribution is -0.149. The van der Waals surface area contributed by atoms with Gasteiger partial charge >= 0.3 is 11.9 Å². The Morgan fingerprint density at radius 1 is 1.08 bits per heavy atom. The van der Waals surface area contributed by atoms with Crippen molar-refractivity contribution < 1.29 is 23.9 Å². The van der Waals surface area contributed by atoms with Crippen molar-refractivity contribution in [2.45, 2.75) is 39.2 Å². The summed E-state index contributed by atoms with van der Waals surface area (Å²) in [6, 6.07) is 6.62. The van der Waals surface area contributed by atoms with Gasteiger partial charge in [-0.1, -0.05) is 18.2 Å². The first-order valence-electron chi connectivity index (χ1n) is 8.64. The van der Waals surface area contributed by atoms with Crippen molar-refractivity contribution in [3.05, 3.63) is 36.0 Å². The molecule has 0 radical (unpaired) electrons. The lowest BCUT2D eigenvalue weighted by Gasteiger charge is -2.21. The molecule has 0 fully saturated rings. The van der Waals surface area contributed by atoms with Gasteiger partial charge in [-0.05, 0) is 31.9 Å². The third-order valence-corrected chi connectivity index (χ3v) is 3.99. The number of esters is 2. The van der Waals surface area contributed by atoms with Crippen molar-refractivity contribution in [3.8, 4) is 0 Å². The Kier molecular flexibility index (Phi) is 6.77. The average Bonchev–Trinajstić information content (AvgIpc) is 3.02. The summed E-state index contributed by atoms with van der Waals surface area (Å²) in [4.78, 5) is 39.4. The highest BCUT2D eigenvalue weighted by molar-refractivity contribution is 5.91. The predicted octanol–water partition coefficient (Wildman–Crippen LogP) is 2.27. The van der Waals surface area contributed by atoms with Crippen LogP contribution in [0, 0.1) is 0 Å². The van der Waals surface area contributed by atoms with Gasteiger partial charge in [0.1, 0.15) is 6.04 Å². The van der Waals surface area contributed by atoms with E-state index in [-0.39, 0.29) is 25.5 Å². The first-order valence-corrected chi connectivity index (χ1v) is 8.64. The number of hydrogen-bond acceptors (Lipinski definition) is 5. The molecule has 140 valence electrons. The van der Waals surface area contributed by atoms with E-state index in [1.54, 1.807) is 20.0 Å². The summed E-state index contributed by atoms with van der Waals surface area (Å²) in [5.74, 6) is -2.11. The zero-order chi connectivity index (χ0) is 19.1. The zero-order valence-electron chi connectivity index (χ0n) is 15.2. The summed E-state index contributed by atoms with van der Waals surface area (Å²) in [5, 5.41) is 3.44. The van der Waals surface area contributed by atoms with Crippen LogP contribution in [0.15, 0.2) is 30.5 Å². The second kappa shape index (κ2) is 9.03. The van der Waals surface area contributed by atoms with Gasteiger partial charge in [0.25, 0.3) is 0 Å². The summed E-state index contributed by atoms with van der Waals surface area (Å²) >= 11 is 0. The van der Waals surface area contributed by atoms with E-state index in [4.69, 9.17) is 9.47 Å². The SMILES string of the molecule is CCOC(=O)[C@@H](C[C@@H](C(=O)OCC)c1c[nH]c2ccccc12)NC(C)=O. The molecule has 0 unspecified atom stereocenters. The molecule has 2 N–H and O–H groups in total. The summed E-state index contributed by atoms with van der Waals surface area (Å²) in [6.07, 6.45) is 1.79. The van der Waals surface area contributed by atoms with Crippen molar-refractivity contribution in [2.24, 2.45) is 0 Å². The molecule has 7 heteroatoms. The van der Waals surface area contributed by atoms with Crippen LogP contribution >= 0.6 is 0 Å². The molecule has 7 nitrogen and oxygen atoms in total. The minimum absolute atomic E-state index is 0.0547. The summed E-state index contributed by atoms with van der Waals surface area (Å²) in [5.41, 5.74) is 1.60. The molecule has 2 atom stereocenters. The van der Waals surface area contributed by atoms with Crippen molar-refractivity contribution in [1.29, 1.82) is 0 Å². The van der Waals surface area contributed by atoms with Crippen molar-refractivity contribution >= 4 is 28.7 Å². The molecule has 0 aliphatic heterocycles. The smallest absolute Gasteiger partial charge is 0.328 e. The Morgan fingerprint density at radius 3 is 2.38 bits per heavy atom. The molecular formula is C19H24N2O5. The third-order valence-electron chi connectivity index (χ3n) is 3.99. The molecule has 0 saturated carbocycles. The molecule has 0 bridgehead atoms. The van der Waals surface area contributed by atoms with Crippen LogP contribution in [0.5, 0.6) is 0 Å². The Morgan fingerprint density at radius 2 is 1.73 bits per heavy atom. The van der Waals surface area contributed by atoms with Crippen LogP contribution in [0.4, 0.5) is 0 Å². The zero-order valence-corrected chi connectivity index (χ0v) is 15.2. The van der Waals surface area contributed by atoms with Crippen LogP contribution in [0.2, 0.25) is 0 Å². The van der Waals surface area contributed by atoms with Gasteiger partial charge < -0.3 is 19.8 Å². The van der Waals surface area contributed by atoms with E-state index < -0.39 is 23.9 Å². The van der Waals surface area contributed by atoms with Gasteiger partial charge in [-0.25, -0.2) is 4.79 Å². The second-order valence-corrected chi connectivity index (χ2v) is 5.84. The van der Waals surface area contributed by atoms with E-state index in [0.29, 0.717) is 0 Å². The van der Waals surface area contributed by atoms with Gasteiger partial charge in [-0.2, -0.15) is 0 Å². The maximum Gasteiger partial charge on any atom is 0.328 e. The fraction of sp³-hybridized carbons (Fsp3) is 0.421. The number of benzene rings is 1. The highest BCUT2D eigenvalue weighted by Crippen LogP contribution is 2.30. The second-order valence-electron chi connectivity index (χ2n) is 5.84. The van der Waals surface area contributed by atoms with E-state index in [2.05, 4.69) is 10.3 Å². The Bertz CT molecular complexity index is 783. The summed E-state index contributed by atoms with van der Waals surface area (Å²) in [7, 11) is 0. The summed E-state index contributed by atoms with van der Waals surface area (Å²) < 4.78 is 10.2. The van der Waals surface area contributed by atoms with Crippen LogP contribution < -0.4 is 5.32 Å². The molecule has 0 spiro atoms. The van der Waals surface area contributed by atoms with Crippen LogP contribution in [0.25, 0.3) is 10.9 Å². The van der Waals surface area contributed by atoms with Crippen molar-refractivity contribution in [2.75, 3.05) is 13.2 Å². The standard InChI is InChI=1S/C19H24N2O5/c1-4-25-18(23)14(10-17(21-12(3)22)19(24)26-5-2)15-11-20-16-9-7-6-8-13(15)16/h6-9,11,14,17,20H,4-5,10H2,1-3H3,(H,21,22)/t14-,17-/m1/s1. The number of aromatic nitrogens is 1. The fourth-order valence-corrected chi connectivity index (χ4v) is 2.91. The number of nitrogens with one attached hydrogen (secondary N) is 2. The molecule has 0 saturated heterocycles. The third kappa shape index (κ3) is 4.62. The van der Waals surface area contributed by atoms with Gasteiger partial charge in [0.05, 0.1) is 19.1 Å². The van der Waals surface area contributed by atoms with Crippen LogP contribution in [-0.2, 0) is 23.9 Å². The first-order chi connectivity index (χ1) is 12.5. The monoisotopic (exact) mass is 360 g/mol. The van der Waals surface area contributed by atoms with Gasteiger partial charge in [-0.3, -0.25) is 9.59 Å². The van der Waals surface area contributed by atoms with Gasteiger partial charge in [-0.15, -0.1) is 0 Å². The lowest BCUT2D eigenvalue weighted by atomic mass is 9.91. The molecule has 26 heavy (non-hydrogen) atoms. The largest absolute Gasteiger partial charge is 0.466 e. The minimum atomic E-state index is -0.935. The molecule has 0 aliphatic carbocycles. The number of carbonyl (C=O) groups is 3. The Labute approximate surface area is 152 Å². The number of hydrogen-bond donors (Lipinski definition) is 2. The molecule has 1 heterocycles. The minimum Gasteiger partial charge on any atom is -0.466 e. The number of aromatic amines is 1. The number of para-hydroxylation sites is 1. The molecule has 1 aromatic heterocycles. The highest BCUT2D eigenvalue weighted by Gasteiger charge is 2.32. The van der Waals surface area contributed by atoms with E-state index in [9.17, 15) is 14.4 Å². The Balaban J connectivity index is 2.38. The number of rotatable bonds is 8. The molecule has 2 aromatic rings.